The van der Waals surface area contributed by atoms with Crippen molar-refractivity contribution >= 4 is 17.6 Å². The van der Waals surface area contributed by atoms with E-state index in [0.29, 0.717) is 12.4 Å². The summed E-state index contributed by atoms with van der Waals surface area (Å²) in [6, 6.07) is 5.76. The number of esters is 1. The number of pyridine rings is 1. The minimum absolute atomic E-state index is 0.219. The van der Waals surface area contributed by atoms with Crippen LogP contribution in [0, 0.1) is 0 Å². The first-order valence-electron chi connectivity index (χ1n) is 6.81. The van der Waals surface area contributed by atoms with Crippen molar-refractivity contribution in [3.8, 4) is 0 Å². The molecular formula is C15H23ClN2O2. The van der Waals surface area contributed by atoms with Gasteiger partial charge in [0.1, 0.15) is 5.60 Å². The first kappa shape index (κ1) is 16.9. The van der Waals surface area contributed by atoms with Crippen LogP contribution in [0.15, 0.2) is 24.4 Å². The molecule has 1 aromatic rings. The molecule has 0 aromatic carbocycles. The van der Waals surface area contributed by atoms with Crippen LogP contribution in [0.1, 0.15) is 32.9 Å². The lowest BCUT2D eigenvalue weighted by Crippen LogP contribution is -2.35. The van der Waals surface area contributed by atoms with Crippen LogP contribution in [0.25, 0.3) is 0 Å². The average molecular weight is 299 g/mol. The topological polar surface area (TPSA) is 42.4 Å². The second-order valence-electron chi connectivity index (χ2n) is 5.66. The minimum Gasteiger partial charge on any atom is -0.459 e. The zero-order valence-corrected chi connectivity index (χ0v) is 13.2. The van der Waals surface area contributed by atoms with Crippen LogP contribution in [0.3, 0.4) is 0 Å². The molecule has 0 spiro atoms. The Bertz CT molecular complexity index is 404. The monoisotopic (exact) mass is 298 g/mol. The molecule has 0 aliphatic heterocycles. The van der Waals surface area contributed by atoms with Gasteiger partial charge in [-0.25, -0.2) is 0 Å². The van der Waals surface area contributed by atoms with Crippen molar-refractivity contribution in [3.63, 3.8) is 0 Å². The van der Waals surface area contributed by atoms with E-state index in [4.69, 9.17) is 16.3 Å². The summed E-state index contributed by atoms with van der Waals surface area (Å²) >= 11 is 5.73. The van der Waals surface area contributed by atoms with Gasteiger partial charge in [-0.3, -0.25) is 14.7 Å². The number of rotatable bonds is 7. The molecule has 0 bridgehead atoms. The van der Waals surface area contributed by atoms with Gasteiger partial charge in [0.2, 0.25) is 0 Å². The highest BCUT2D eigenvalue weighted by Gasteiger charge is 2.19. The number of carbonyl (C=O) groups excluding carboxylic acids is 1. The van der Waals surface area contributed by atoms with Crippen LogP contribution < -0.4 is 0 Å². The molecule has 0 aliphatic rings. The highest BCUT2D eigenvalue weighted by Crippen LogP contribution is 2.09. The van der Waals surface area contributed by atoms with E-state index in [1.165, 1.54) is 0 Å². The van der Waals surface area contributed by atoms with E-state index in [0.717, 1.165) is 18.7 Å². The first-order chi connectivity index (χ1) is 9.40. The number of halogens is 1. The Hall–Kier alpha value is -1.13. The lowest BCUT2D eigenvalue weighted by molar-refractivity contribution is -0.156. The molecule has 20 heavy (non-hydrogen) atoms. The van der Waals surface area contributed by atoms with E-state index in [9.17, 15) is 4.79 Å². The smallest absolute Gasteiger partial charge is 0.320 e. The van der Waals surface area contributed by atoms with Crippen molar-refractivity contribution in [2.75, 3.05) is 19.0 Å². The Morgan fingerprint density at radius 2 is 2.15 bits per heavy atom. The molecule has 1 aromatic heterocycles. The molecule has 1 heterocycles. The van der Waals surface area contributed by atoms with Gasteiger partial charge in [-0.15, -0.1) is 11.6 Å². The molecule has 0 atom stereocenters. The molecule has 0 amide bonds. The number of aromatic nitrogens is 1. The number of hydrogen-bond acceptors (Lipinski definition) is 4. The van der Waals surface area contributed by atoms with Gasteiger partial charge in [0.05, 0.1) is 12.2 Å². The molecule has 112 valence electrons. The van der Waals surface area contributed by atoms with E-state index < -0.39 is 5.60 Å². The highest BCUT2D eigenvalue weighted by atomic mass is 35.5. The summed E-state index contributed by atoms with van der Waals surface area (Å²) in [6.07, 6.45) is 2.58. The van der Waals surface area contributed by atoms with Gasteiger partial charge in [-0.1, -0.05) is 6.07 Å². The van der Waals surface area contributed by atoms with E-state index in [1.807, 2.05) is 43.9 Å². The summed E-state index contributed by atoms with van der Waals surface area (Å²) < 4.78 is 5.35. The van der Waals surface area contributed by atoms with Crippen molar-refractivity contribution < 1.29 is 9.53 Å². The SMILES string of the molecule is CC(C)(C)OC(=O)CN(CCCCl)Cc1ccccn1. The van der Waals surface area contributed by atoms with Crippen LogP contribution in [0.4, 0.5) is 0 Å². The second-order valence-corrected chi connectivity index (χ2v) is 6.04. The Kier molecular flexibility index (Phi) is 6.96. The standard InChI is InChI=1S/C15H23ClN2O2/c1-15(2,3)20-14(19)12-18(10-6-8-16)11-13-7-4-5-9-17-13/h4-5,7,9H,6,8,10-12H2,1-3H3. The lowest BCUT2D eigenvalue weighted by Gasteiger charge is -2.24. The van der Waals surface area contributed by atoms with Gasteiger partial charge in [-0.05, 0) is 39.3 Å². The first-order valence-corrected chi connectivity index (χ1v) is 7.34. The van der Waals surface area contributed by atoms with Gasteiger partial charge < -0.3 is 4.74 Å². The Morgan fingerprint density at radius 1 is 1.40 bits per heavy atom. The van der Waals surface area contributed by atoms with E-state index in [-0.39, 0.29) is 12.5 Å². The van der Waals surface area contributed by atoms with Crippen LogP contribution in [0.2, 0.25) is 0 Å². The van der Waals surface area contributed by atoms with Crippen LogP contribution in [-0.4, -0.2) is 40.4 Å². The quantitative estimate of drug-likeness (QED) is 0.573. The third kappa shape index (κ3) is 7.46. The summed E-state index contributed by atoms with van der Waals surface area (Å²) in [5.41, 5.74) is 0.478. The average Bonchev–Trinajstić information content (AvgIpc) is 2.35. The summed E-state index contributed by atoms with van der Waals surface area (Å²) in [7, 11) is 0. The third-order valence-corrected chi connectivity index (χ3v) is 2.76. The van der Waals surface area contributed by atoms with Gasteiger partial charge >= 0.3 is 5.97 Å². The zero-order valence-electron chi connectivity index (χ0n) is 12.4. The van der Waals surface area contributed by atoms with Gasteiger partial charge in [0.25, 0.3) is 0 Å². The van der Waals surface area contributed by atoms with E-state index >= 15 is 0 Å². The Labute approximate surface area is 126 Å². The van der Waals surface area contributed by atoms with Crippen molar-refractivity contribution in [3.05, 3.63) is 30.1 Å². The third-order valence-electron chi connectivity index (χ3n) is 2.49. The van der Waals surface area contributed by atoms with Crippen LogP contribution in [-0.2, 0) is 16.1 Å². The number of ether oxygens (including phenoxy) is 1. The number of alkyl halides is 1. The number of carbonyl (C=O) groups is 1. The van der Waals surface area contributed by atoms with Crippen molar-refractivity contribution in [2.45, 2.75) is 39.3 Å². The lowest BCUT2D eigenvalue weighted by atomic mass is 10.2. The summed E-state index contributed by atoms with van der Waals surface area (Å²) in [4.78, 5) is 18.2. The summed E-state index contributed by atoms with van der Waals surface area (Å²) in [5.74, 6) is 0.357. The molecule has 0 fully saturated rings. The molecular weight excluding hydrogens is 276 g/mol. The molecule has 1 rings (SSSR count). The normalized spacial score (nSPS) is 11.7. The maximum absolute atomic E-state index is 11.9. The van der Waals surface area contributed by atoms with Crippen molar-refractivity contribution in [1.82, 2.24) is 9.88 Å². The van der Waals surface area contributed by atoms with E-state index in [1.54, 1.807) is 6.20 Å². The maximum Gasteiger partial charge on any atom is 0.320 e. The zero-order chi connectivity index (χ0) is 15.0. The Morgan fingerprint density at radius 3 is 2.70 bits per heavy atom. The maximum atomic E-state index is 11.9. The van der Waals surface area contributed by atoms with E-state index in [2.05, 4.69) is 4.98 Å². The minimum atomic E-state index is -0.458. The van der Waals surface area contributed by atoms with Crippen LogP contribution >= 0.6 is 11.6 Å². The van der Waals surface area contributed by atoms with Gasteiger partial charge in [-0.2, -0.15) is 0 Å². The highest BCUT2D eigenvalue weighted by molar-refractivity contribution is 6.17. The fraction of sp³-hybridized carbons (Fsp3) is 0.600. The van der Waals surface area contributed by atoms with Crippen molar-refractivity contribution in [2.24, 2.45) is 0 Å². The summed E-state index contributed by atoms with van der Waals surface area (Å²) in [6.45, 7) is 7.23. The molecule has 0 saturated carbocycles. The number of nitrogens with zero attached hydrogens (tertiary/aromatic N) is 2. The molecule has 0 N–H and O–H groups in total. The Balaban J connectivity index is 2.57. The van der Waals surface area contributed by atoms with Gasteiger partial charge in [0.15, 0.2) is 0 Å². The molecule has 4 nitrogen and oxygen atoms in total. The number of hydrogen-bond donors (Lipinski definition) is 0. The fourth-order valence-corrected chi connectivity index (χ4v) is 1.89. The summed E-state index contributed by atoms with van der Waals surface area (Å²) in [5, 5.41) is 0. The van der Waals surface area contributed by atoms with Crippen molar-refractivity contribution in [1.29, 1.82) is 0 Å². The molecule has 0 unspecified atom stereocenters. The predicted octanol–water partition coefficient (Wildman–Crippen LogP) is 2.85. The molecule has 5 heteroatoms. The molecule has 0 saturated heterocycles. The molecule has 0 radical (unpaired) electrons. The molecule has 0 aliphatic carbocycles. The largest absolute Gasteiger partial charge is 0.459 e. The fourth-order valence-electron chi connectivity index (χ4n) is 1.77. The second kappa shape index (κ2) is 8.22. The van der Waals surface area contributed by atoms with Crippen LogP contribution in [0.5, 0.6) is 0 Å². The van der Waals surface area contributed by atoms with Gasteiger partial charge in [0, 0.05) is 25.2 Å². The predicted molar refractivity (Wildman–Crippen MR) is 80.7 cm³/mol.